The highest BCUT2D eigenvalue weighted by molar-refractivity contribution is 7.80. The van der Waals surface area contributed by atoms with Crippen molar-refractivity contribution in [1.29, 1.82) is 0 Å². The van der Waals surface area contributed by atoms with Crippen molar-refractivity contribution >= 4 is 23.5 Å². The van der Waals surface area contributed by atoms with Crippen LogP contribution in [0, 0.1) is 0 Å². The van der Waals surface area contributed by atoms with Gasteiger partial charge in [0.15, 0.2) is 0 Å². The van der Waals surface area contributed by atoms with E-state index >= 15 is 0 Å². The number of aliphatic imine (C=N–C) groups is 1. The van der Waals surface area contributed by atoms with Crippen LogP contribution in [-0.2, 0) is 0 Å². The van der Waals surface area contributed by atoms with Crippen molar-refractivity contribution in [2.24, 2.45) is 10.7 Å². The fourth-order valence-corrected chi connectivity index (χ4v) is 0.187. The average Bonchev–Trinajstić information content (AvgIpc) is 1.68. The van der Waals surface area contributed by atoms with Gasteiger partial charge in [-0.3, -0.25) is 0 Å². The molecule has 0 rings (SSSR count). The van der Waals surface area contributed by atoms with Crippen LogP contribution in [0.5, 0.6) is 0 Å². The molecule has 0 aliphatic carbocycles. The quantitative estimate of drug-likeness (QED) is 0.233. The van der Waals surface area contributed by atoms with Crippen molar-refractivity contribution in [2.45, 2.75) is 0 Å². The van der Waals surface area contributed by atoms with Crippen molar-refractivity contribution in [2.75, 3.05) is 0 Å². The molecule has 0 fully saturated rings. The molecule has 0 radical (unpaired) electrons. The SMILES string of the molecule is C=CC(=S)N=CN. The third-order valence-corrected chi connectivity index (χ3v) is 0.648. The Morgan fingerprint density at radius 3 is 2.57 bits per heavy atom. The van der Waals surface area contributed by atoms with Gasteiger partial charge in [-0.15, -0.1) is 0 Å². The van der Waals surface area contributed by atoms with Gasteiger partial charge >= 0.3 is 0 Å². The lowest BCUT2D eigenvalue weighted by Crippen LogP contribution is -1.91. The maximum absolute atomic E-state index is 4.88. The minimum Gasteiger partial charge on any atom is -0.390 e. The molecule has 0 saturated heterocycles. The summed E-state index contributed by atoms with van der Waals surface area (Å²) in [5.74, 6) is 0. The van der Waals surface area contributed by atoms with Crippen LogP contribution in [-0.4, -0.2) is 11.3 Å². The number of nitrogens with two attached hydrogens (primary N) is 1. The predicted molar refractivity (Wildman–Crippen MR) is 35.5 cm³/mol. The molecule has 0 saturated carbocycles. The lowest BCUT2D eigenvalue weighted by molar-refractivity contribution is 1.71. The van der Waals surface area contributed by atoms with Gasteiger partial charge in [-0.1, -0.05) is 18.8 Å². The van der Waals surface area contributed by atoms with Gasteiger partial charge in [-0.25, -0.2) is 4.99 Å². The van der Waals surface area contributed by atoms with E-state index in [-0.39, 0.29) is 0 Å². The molecule has 0 heterocycles. The minimum atomic E-state index is 0.419. The Labute approximate surface area is 47.7 Å². The molecule has 38 valence electrons. The Kier molecular flexibility index (Phi) is 3.14. The Hall–Kier alpha value is -0.700. The summed E-state index contributed by atoms with van der Waals surface area (Å²) in [6.45, 7) is 3.37. The number of thiocarbonyl (C=S) groups is 1. The van der Waals surface area contributed by atoms with Gasteiger partial charge < -0.3 is 5.73 Å². The first-order valence-electron chi connectivity index (χ1n) is 1.72. The zero-order valence-corrected chi connectivity index (χ0v) is 4.61. The van der Waals surface area contributed by atoms with Crippen LogP contribution in [0.3, 0.4) is 0 Å². The van der Waals surface area contributed by atoms with E-state index in [4.69, 9.17) is 5.73 Å². The fourth-order valence-electron chi connectivity index (χ4n) is 0.126. The second-order valence-corrected chi connectivity index (χ2v) is 1.24. The predicted octanol–water partition coefficient (Wildman–Crippen LogP) is 0.487. The van der Waals surface area contributed by atoms with Gasteiger partial charge in [0.1, 0.15) is 4.99 Å². The number of hydrogen-bond acceptors (Lipinski definition) is 1. The van der Waals surface area contributed by atoms with Crippen molar-refractivity contribution < 1.29 is 0 Å². The average molecular weight is 114 g/mol. The first-order chi connectivity index (χ1) is 3.31. The molecule has 0 aromatic carbocycles. The van der Waals surface area contributed by atoms with Crippen LogP contribution in [0.25, 0.3) is 0 Å². The summed E-state index contributed by atoms with van der Waals surface area (Å²) in [6.07, 6.45) is 2.60. The highest BCUT2D eigenvalue weighted by Crippen LogP contribution is 1.75. The van der Waals surface area contributed by atoms with E-state index in [0.29, 0.717) is 4.99 Å². The molecular weight excluding hydrogens is 108 g/mol. The number of nitrogens with zero attached hydrogens (tertiary/aromatic N) is 1. The molecule has 0 atom stereocenters. The summed E-state index contributed by atoms with van der Waals surface area (Å²) < 4.78 is 0. The first-order valence-corrected chi connectivity index (χ1v) is 2.12. The molecule has 2 nitrogen and oxygen atoms in total. The van der Waals surface area contributed by atoms with Gasteiger partial charge in [-0.2, -0.15) is 0 Å². The maximum atomic E-state index is 4.88. The zero-order valence-electron chi connectivity index (χ0n) is 3.79. The van der Waals surface area contributed by atoms with E-state index in [2.05, 4.69) is 23.8 Å². The Morgan fingerprint density at radius 2 is 2.43 bits per heavy atom. The van der Waals surface area contributed by atoms with Crippen LogP contribution in [0.2, 0.25) is 0 Å². The highest BCUT2D eigenvalue weighted by Gasteiger charge is 1.73. The molecule has 7 heavy (non-hydrogen) atoms. The zero-order chi connectivity index (χ0) is 5.70. The molecule has 0 aliphatic rings. The topological polar surface area (TPSA) is 38.4 Å². The minimum absolute atomic E-state index is 0.419. The van der Waals surface area contributed by atoms with E-state index in [0.717, 1.165) is 6.34 Å². The van der Waals surface area contributed by atoms with Gasteiger partial charge in [0.05, 0.1) is 6.34 Å². The molecule has 3 heteroatoms. The number of rotatable bonds is 1. The lowest BCUT2D eigenvalue weighted by Gasteiger charge is -1.77. The second kappa shape index (κ2) is 3.49. The fraction of sp³-hybridized carbons (Fsp3) is 0. The molecule has 2 N–H and O–H groups in total. The van der Waals surface area contributed by atoms with Gasteiger partial charge in [0, 0.05) is 0 Å². The van der Waals surface area contributed by atoms with Crippen LogP contribution < -0.4 is 5.73 Å². The molecule has 0 amide bonds. The molecule has 0 aromatic heterocycles. The second-order valence-electron chi connectivity index (χ2n) is 0.821. The summed E-state index contributed by atoms with van der Waals surface area (Å²) in [4.78, 5) is 3.93. The molecule has 0 bridgehead atoms. The third-order valence-electron chi connectivity index (χ3n) is 0.376. The Balaban J connectivity index is 3.58. The van der Waals surface area contributed by atoms with E-state index < -0.39 is 0 Å². The van der Waals surface area contributed by atoms with Gasteiger partial charge in [0.25, 0.3) is 0 Å². The first kappa shape index (κ1) is 6.30. The Bertz CT molecular complexity index is 106. The molecule has 0 spiro atoms. The van der Waals surface area contributed by atoms with Gasteiger partial charge in [0.2, 0.25) is 0 Å². The van der Waals surface area contributed by atoms with Crippen molar-refractivity contribution in [3.05, 3.63) is 12.7 Å². The van der Waals surface area contributed by atoms with Crippen LogP contribution in [0.1, 0.15) is 0 Å². The van der Waals surface area contributed by atoms with Crippen LogP contribution in [0.15, 0.2) is 17.6 Å². The molecular formula is C4H6N2S. The van der Waals surface area contributed by atoms with Crippen molar-refractivity contribution in [3.8, 4) is 0 Å². The summed E-state index contributed by atoms with van der Waals surface area (Å²) >= 11 is 4.56. The van der Waals surface area contributed by atoms with E-state index in [1.165, 1.54) is 6.08 Å². The molecule has 0 aromatic rings. The largest absolute Gasteiger partial charge is 0.390 e. The van der Waals surface area contributed by atoms with Crippen molar-refractivity contribution in [3.63, 3.8) is 0 Å². The summed E-state index contributed by atoms with van der Waals surface area (Å²) in [5, 5.41) is 0. The normalized spacial score (nSPS) is 9.14. The van der Waals surface area contributed by atoms with Crippen LogP contribution >= 0.6 is 12.2 Å². The van der Waals surface area contributed by atoms with Crippen molar-refractivity contribution in [1.82, 2.24) is 0 Å². The lowest BCUT2D eigenvalue weighted by atomic mass is 10.6. The van der Waals surface area contributed by atoms with Crippen LogP contribution in [0.4, 0.5) is 0 Å². The highest BCUT2D eigenvalue weighted by atomic mass is 32.1. The van der Waals surface area contributed by atoms with E-state index in [1.807, 2.05) is 0 Å². The summed E-state index contributed by atoms with van der Waals surface area (Å²) in [7, 11) is 0. The molecule has 0 unspecified atom stereocenters. The Morgan fingerprint density at radius 1 is 1.86 bits per heavy atom. The number of hydrogen-bond donors (Lipinski definition) is 1. The maximum Gasteiger partial charge on any atom is 0.127 e. The monoisotopic (exact) mass is 114 g/mol. The standard InChI is InChI=1S/C4H6N2S/c1-2-4(7)6-3-5/h2-3H,1H2,(H2,5,6,7). The van der Waals surface area contributed by atoms with Gasteiger partial charge in [-0.05, 0) is 6.08 Å². The molecule has 0 aliphatic heterocycles. The smallest absolute Gasteiger partial charge is 0.127 e. The summed E-state index contributed by atoms with van der Waals surface area (Å²) in [6, 6.07) is 0. The van der Waals surface area contributed by atoms with E-state index in [9.17, 15) is 0 Å². The van der Waals surface area contributed by atoms with E-state index in [1.54, 1.807) is 0 Å². The summed E-state index contributed by atoms with van der Waals surface area (Å²) in [5.41, 5.74) is 4.88. The third kappa shape index (κ3) is 3.12.